The number of unbranched alkanes of at least 4 members (excludes halogenated alkanes) is 1. The fourth-order valence-corrected chi connectivity index (χ4v) is 2.09. The Kier molecular flexibility index (Phi) is 6.14. The number of aromatic nitrogens is 2. The van der Waals surface area contributed by atoms with E-state index in [4.69, 9.17) is 9.47 Å². The number of nitrogens with one attached hydrogen (secondary N) is 2. The van der Waals surface area contributed by atoms with Gasteiger partial charge in [0.2, 0.25) is 12.2 Å². The van der Waals surface area contributed by atoms with Crippen molar-refractivity contribution in [3.8, 4) is 0 Å². The van der Waals surface area contributed by atoms with Gasteiger partial charge < -0.3 is 14.8 Å². The lowest BCUT2D eigenvalue weighted by atomic mass is 10.3. The highest BCUT2D eigenvalue weighted by Crippen LogP contribution is 2.19. The molecule has 0 aliphatic rings. The van der Waals surface area contributed by atoms with Crippen molar-refractivity contribution in [2.24, 2.45) is 0 Å². The highest BCUT2D eigenvalue weighted by molar-refractivity contribution is 5.96. The molecule has 130 valence electrons. The van der Waals surface area contributed by atoms with Crippen LogP contribution in [0.5, 0.6) is 0 Å². The first-order chi connectivity index (χ1) is 11.6. The number of carbonyl (C=O) groups excluding carboxylic acids is 2. The van der Waals surface area contributed by atoms with Crippen molar-refractivity contribution in [3.05, 3.63) is 24.3 Å². The van der Waals surface area contributed by atoms with Crippen LogP contribution in [0.1, 0.15) is 26.7 Å². The second-order valence-corrected chi connectivity index (χ2v) is 5.18. The van der Waals surface area contributed by atoms with Crippen molar-refractivity contribution in [1.29, 1.82) is 0 Å². The van der Waals surface area contributed by atoms with Gasteiger partial charge in [-0.3, -0.25) is 5.32 Å². The summed E-state index contributed by atoms with van der Waals surface area (Å²) in [7, 11) is 1.42. The van der Waals surface area contributed by atoms with Crippen molar-refractivity contribution in [3.63, 3.8) is 0 Å². The van der Waals surface area contributed by atoms with Crippen LogP contribution in [-0.4, -0.2) is 41.6 Å². The molecule has 2 N–H and O–H groups in total. The van der Waals surface area contributed by atoms with Gasteiger partial charge >= 0.3 is 12.1 Å². The lowest BCUT2D eigenvalue weighted by Crippen LogP contribution is -2.31. The van der Waals surface area contributed by atoms with Gasteiger partial charge in [-0.25, -0.2) is 19.1 Å². The lowest BCUT2D eigenvalue weighted by molar-refractivity contribution is -0.0630. The number of anilines is 1. The van der Waals surface area contributed by atoms with Crippen LogP contribution in [0.2, 0.25) is 0 Å². The number of para-hydroxylation sites is 2. The van der Waals surface area contributed by atoms with E-state index in [9.17, 15) is 9.59 Å². The summed E-state index contributed by atoms with van der Waals surface area (Å²) in [4.78, 5) is 28.7. The topological polar surface area (TPSA) is 94.5 Å². The van der Waals surface area contributed by atoms with Gasteiger partial charge in [0.1, 0.15) is 0 Å². The van der Waals surface area contributed by atoms with Crippen molar-refractivity contribution < 1.29 is 19.1 Å². The molecule has 2 aromatic rings. The molecule has 0 fully saturated rings. The second kappa shape index (κ2) is 8.30. The Morgan fingerprint density at radius 2 is 2.08 bits per heavy atom. The molecule has 1 heterocycles. The van der Waals surface area contributed by atoms with E-state index in [1.54, 1.807) is 25.1 Å². The number of nitrogens with zero attached hydrogens (tertiary/aromatic N) is 2. The third kappa shape index (κ3) is 4.23. The molecule has 0 spiro atoms. The number of carbonyl (C=O) groups is 2. The Morgan fingerprint density at radius 1 is 1.33 bits per heavy atom. The fourth-order valence-electron chi connectivity index (χ4n) is 2.09. The van der Waals surface area contributed by atoms with Gasteiger partial charge in [0.05, 0.1) is 11.0 Å². The molecule has 0 saturated carbocycles. The minimum absolute atomic E-state index is 0.0958. The molecule has 2 amide bonds. The first kappa shape index (κ1) is 17.7. The van der Waals surface area contributed by atoms with Crippen LogP contribution in [-0.2, 0) is 9.47 Å². The summed E-state index contributed by atoms with van der Waals surface area (Å²) < 4.78 is 11.2. The maximum Gasteiger partial charge on any atom is 0.416 e. The molecule has 1 aromatic heterocycles. The Labute approximate surface area is 140 Å². The first-order valence-electron chi connectivity index (χ1n) is 7.83. The normalized spacial score (nSPS) is 12.0. The third-order valence-electron chi connectivity index (χ3n) is 3.39. The standard InChI is InChI=1S/C16H22N4O4/c1-4-5-10-17-15(21)20-13-9-7-6-8-12(13)18-14(20)19-16(22)24-11(2)23-3/h6-9,11H,4-5,10H2,1-3H3,(H,17,21)(H,18,19,22). The summed E-state index contributed by atoms with van der Waals surface area (Å²) in [6.07, 6.45) is 0.384. The van der Waals surface area contributed by atoms with Crippen LogP contribution >= 0.6 is 0 Å². The summed E-state index contributed by atoms with van der Waals surface area (Å²) >= 11 is 0. The zero-order valence-electron chi connectivity index (χ0n) is 14.0. The Morgan fingerprint density at radius 3 is 2.79 bits per heavy atom. The summed E-state index contributed by atoms with van der Waals surface area (Å²) in [5, 5.41) is 5.30. The number of benzene rings is 1. The molecule has 1 unspecified atom stereocenters. The minimum atomic E-state index is -0.748. The van der Waals surface area contributed by atoms with Crippen molar-refractivity contribution in [2.45, 2.75) is 33.0 Å². The molecule has 0 bridgehead atoms. The van der Waals surface area contributed by atoms with Gasteiger partial charge in [-0.15, -0.1) is 0 Å². The van der Waals surface area contributed by atoms with E-state index in [0.717, 1.165) is 12.8 Å². The molecule has 0 aliphatic carbocycles. The average Bonchev–Trinajstić information content (AvgIpc) is 2.92. The Bertz CT molecular complexity index is 713. The molecule has 24 heavy (non-hydrogen) atoms. The zero-order chi connectivity index (χ0) is 17.5. The SMILES string of the molecule is CCCCNC(=O)n1c(NC(=O)OC(C)OC)nc2ccccc21. The summed E-state index contributed by atoms with van der Waals surface area (Å²) in [6.45, 7) is 4.17. The molecule has 2 rings (SSSR count). The first-order valence-corrected chi connectivity index (χ1v) is 7.83. The number of ether oxygens (including phenoxy) is 2. The van der Waals surface area contributed by atoms with E-state index in [1.807, 2.05) is 13.0 Å². The van der Waals surface area contributed by atoms with E-state index < -0.39 is 12.4 Å². The van der Waals surface area contributed by atoms with Crippen molar-refractivity contribution in [1.82, 2.24) is 14.9 Å². The van der Waals surface area contributed by atoms with E-state index in [2.05, 4.69) is 15.6 Å². The smallest absolute Gasteiger partial charge is 0.416 e. The molecule has 0 aliphatic heterocycles. The number of methoxy groups -OCH3 is 1. The summed E-state index contributed by atoms with van der Waals surface area (Å²) in [6, 6.07) is 6.78. The molecule has 0 saturated heterocycles. The van der Waals surface area contributed by atoms with E-state index in [-0.39, 0.29) is 12.0 Å². The fraction of sp³-hybridized carbons (Fsp3) is 0.438. The van der Waals surface area contributed by atoms with Gasteiger partial charge in [0.25, 0.3) is 0 Å². The number of fused-ring (bicyclic) bond motifs is 1. The summed E-state index contributed by atoms with van der Waals surface area (Å²) in [5.41, 5.74) is 1.19. The predicted octanol–water partition coefficient (Wildman–Crippen LogP) is 2.94. The number of hydrogen-bond acceptors (Lipinski definition) is 5. The van der Waals surface area contributed by atoms with Gasteiger partial charge in [-0.2, -0.15) is 0 Å². The maximum atomic E-state index is 12.5. The van der Waals surface area contributed by atoms with Crippen LogP contribution in [0.25, 0.3) is 11.0 Å². The van der Waals surface area contributed by atoms with Crippen LogP contribution < -0.4 is 10.6 Å². The highest BCUT2D eigenvalue weighted by Gasteiger charge is 2.19. The zero-order valence-corrected chi connectivity index (χ0v) is 14.0. The van der Waals surface area contributed by atoms with Crippen LogP contribution in [0.3, 0.4) is 0 Å². The molecular formula is C16H22N4O4. The van der Waals surface area contributed by atoms with Gasteiger partial charge in [0, 0.05) is 13.7 Å². The third-order valence-corrected chi connectivity index (χ3v) is 3.39. The largest absolute Gasteiger partial charge is 0.420 e. The molecular weight excluding hydrogens is 312 g/mol. The number of amides is 2. The van der Waals surface area contributed by atoms with Gasteiger partial charge in [0.15, 0.2) is 0 Å². The van der Waals surface area contributed by atoms with Crippen molar-refractivity contribution >= 4 is 29.1 Å². The maximum absolute atomic E-state index is 12.5. The monoisotopic (exact) mass is 334 g/mol. The lowest BCUT2D eigenvalue weighted by Gasteiger charge is -2.13. The van der Waals surface area contributed by atoms with E-state index >= 15 is 0 Å². The predicted molar refractivity (Wildman–Crippen MR) is 90.0 cm³/mol. The number of rotatable bonds is 6. The Hall–Kier alpha value is -2.61. The quantitative estimate of drug-likeness (QED) is 0.625. The number of imidazole rings is 1. The molecule has 1 atom stereocenters. The van der Waals surface area contributed by atoms with E-state index in [0.29, 0.717) is 17.6 Å². The second-order valence-electron chi connectivity index (χ2n) is 5.18. The number of hydrogen-bond donors (Lipinski definition) is 2. The molecule has 8 heteroatoms. The van der Waals surface area contributed by atoms with Crippen molar-refractivity contribution in [2.75, 3.05) is 19.0 Å². The van der Waals surface area contributed by atoms with Gasteiger partial charge in [-0.05, 0) is 25.5 Å². The summed E-state index contributed by atoms with van der Waals surface area (Å²) in [5.74, 6) is 0.0958. The molecule has 1 aromatic carbocycles. The minimum Gasteiger partial charge on any atom is -0.420 e. The molecule has 8 nitrogen and oxygen atoms in total. The van der Waals surface area contributed by atoms with Crippen LogP contribution in [0.15, 0.2) is 24.3 Å². The molecule has 0 radical (unpaired) electrons. The average molecular weight is 334 g/mol. The van der Waals surface area contributed by atoms with Crippen LogP contribution in [0.4, 0.5) is 15.5 Å². The Balaban J connectivity index is 2.26. The van der Waals surface area contributed by atoms with Crippen LogP contribution in [0, 0.1) is 0 Å². The highest BCUT2D eigenvalue weighted by atomic mass is 16.7. The van der Waals surface area contributed by atoms with E-state index in [1.165, 1.54) is 11.7 Å². The van der Waals surface area contributed by atoms with Gasteiger partial charge in [-0.1, -0.05) is 25.5 Å².